The number of methoxy groups -OCH3 is 1. The van der Waals surface area contributed by atoms with Crippen LogP contribution in [0.4, 0.5) is 13.2 Å². The Bertz CT molecular complexity index is 1430. The second-order valence-electron chi connectivity index (χ2n) is 7.94. The highest BCUT2D eigenvalue weighted by Crippen LogP contribution is 2.27. The zero-order valence-corrected chi connectivity index (χ0v) is 21.5. The molecule has 13 heteroatoms. The molecule has 0 aliphatic carbocycles. The minimum absolute atomic E-state index is 0.0227. The van der Waals surface area contributed by atoms with E-state index in [4.69, 9.17) is 14.6 Å². The molecule has 9 nitrogen and oxygen atoms in total. The molecule has 1 atom stereocenters. The third kappa shape index (κ3) is 8.65. The number of para-hydroxylation sites is 2. The van der Waals surface area contributed by atoms with E-state index in [-0.39, 0.29) is 17.3 Å². The van der Waals surface area contributed by atoms with E-state index in [2.05, 4.69) is 15.0 Å². The van der Waals surface area contributed by atoms with Crippen molar-refractivity contribution in [2.45, 2.75) is 24.0 Å². The van der Waals surface area contributed by atoms with E-state index in [1.54, 1.807) is 25.1 Å². The van der Waals surface area contributed by atoms with Crippen LogP contribution in [0.1, 0.15) is 16.8 Å². The number of alkyl halides is 3. The number of nitrogens with zero attached hydrogens (tertiary/aromatic N) is 2. The Labute approximate surface area is 224 Å². The Kier molecular flexibility index (Phi) is 9.79. The number of rotatable bonds is 8. The summed E-state index contributed by atoms with van der Waals surface area (Å²) in [6.07, 6.45) is -0.646. The van der Waals surface area contributed by atoms with E-state index < -0.39 is 29.9 Å². The summed E-state index contributed by atoms with van der Waals surface area (Å²) in [7, 11) is 1.43. The summed E-state index contributed by atoms with van der Waals surface area (Å²) in [4.78, 5) is 21.6. The minimum atomic E-state index is -4.42. The fourth-order valence-electron chi connectivity index (χ4n) is 3.22. The van der Waals surface area contributed by atoms with Crippen LogP contribution in [0.2, 0.25) is 0 Å². The predicted molar refractivity (Wildman–Crippen MR) is 138 cm³/mol. The van der Waals surface area contributed by atoms with E-state index in [1.165, 1.54) is 31.5 Å². The van der Waals surface area contributed by atoms with Crippen molar-refractivity contribution in [3.05, 3.63) is 77.6 Å². The summed E-state index contributed by atoms with van der Waals surface area (Å²) < 4.78 is 59.1. The van der Waals surface area contributed by atoms with Crippen LogP contribution in [-0.2, 0) is 21.7 Å². The molecule has 2 aromatic heterocycles. The van der Waals surface area contributed by atoms with E-state index in [0.717, 1.165) is 11.6 Å². The number of benzene rings is 2. The second kappa shape index (κ2) is 13.0. The number of hydrogen-bond acceptors (Lipinski definition) is 7. The van der Waals surface area contributed by atoms with Gasteiger partial charge in [-0.1, -0.05) is 18.2 Å². The van der Waals surface area contributed by atoms with Gasteiger partial charge in [0.1, 0.15) is 5.75 Å². The summed E-state index contributed by atoms with van der Waals surface area (Å²) in [5.41, 5.74) is 2.94. The van der Waals surface area contributed by atoms with E-state index >= 15 is 0 Å². The number of carboxylic acid groups (broad SMARTS) is 1. The normalized spacial score (nSPS) is 12.2. The minimum Gasteiger partial charge on any atom is -0.609 e. The maximum atomic E-state index is 12.5. The molecule has 4 rings (SSSR count). The summed E-state index contributed by atoms with van der Waals surface area (Å²) in [6.45, 7) is 0.202. The van der Waals surface area contributed by atoms with Crippen molar-refractivity contribution in [1.82, 2.24) is 15.0 Å². The molecule has 0 spiro atoms. The molecular weight excluding hydrogens is 539 g/mol. The standard InChI is InChI=1S/C16H14F3N3O2S.C10H10O4/c1-10-13(20-7-6-14(10)24-9-16(17,18)19)8-25(23)15-21-11-4-2-3-5-12(11)22-15;1-14-9-6-7(2-4-8(9)11)3-5-10(12)13/h2-7H,8-9H2,1H3,(H,21,22);2-6,11H,1H3,(H,12,13)/b;5-3+. The third-order valence-electron chi connectivity index (χ3n) is 5.12. The summed E-state index contributed by atoms with van der Waals surface area (Å²) in [6, 6.07) is 13.2. The molecule has 1 unspecified atom stereocenters. The largest absolute Gasteiger partial charge is 0.609 e. The molecule has 0 aliphatic heterocycles. The molecule has 0 radical (unpaired) electrons. The highest BCUT2D eigenvalue weighted by Gasteiger charge is 2.29. The van der Waals surface area contributed by atoms with Gasteiger partial charge < -0.3 is 24.2 Å². The van der Waals surface area contributed by atoms with Crippen LogP contribution in [0, 0.1) is 6.92 Å². The number of fused-ring (bicyclic) bond motifs is 1. The first-order valence-corrected chi connectivity index (χ1v) is 12.5. The lowest BCUT2D eigenvalue weighted by Gasteiger charge is -2.14. The highest BCUT2D eigenvalue weighted by atomic mass is 32.2. The monoisotopic (exact) mass is 563 g/mol. The number of aliphatic carboxylic acids is 1. The molecular formula is C26H24F3N3O6S. The molecule has 0 saturated heterocycles. The number of H-pyrrole nitrogens is 1. The maximum absolute atomic E-state index is 12.5. The number of phenolic OH excluding ortho intramolecular Hbond substituents is 1. The Morgan fingerprint density at radius 2 is 1.92 bits per heavy atom. The van der Waals surface area contributed by atoms with Gasteiger partial charge in [0.25, 0.3) is 0 Å². The Morgan fingerprint density at radius 1 is 1.18 bits per heavy atom. The molecule has 0 amide bonds. The van der Waals surface area contributed by atoms with Crippen molar-refractivity contribution in [2.75, 3.05) is 13.7 Å². The highest BCUT2D eigenvalue weighted by molar-refractivity contribution is 7.90. The van der Waals surface area contributed by atoms with Crippen LogP contribution in [0.15, 0.2) is 66.0 Å². The lowest BCUT2D eigenvalue weighted by molar-refractivity contribution is -0.153. The van der Waals surface area contributed by atoms with E-state index in [9.17, 15) is 27.6 Å². The molecule has 2 heterocycles. The first-order valence-electron chi connectivity index (χ1n) is 11.2. The van der Waals surface area contributed by atoms with Crippen LogP contribution in [-0.4, -0.2) is 55.6 Å². The number of carbonyl (C=O) groups is 1. The Morgan fingerprint density at radius 3 is 2.59 bits per heavy atom. The molecule has 0 bridgehead atoms. The van der Waals surface area contributed by atoms with Crippen molar-refractivity contribution >= 4 is 34.3 Å². The number of halogens is 3. The Hall–Kier alpha value is -4.23. The van der Waals surface area contributed by atoms with Crippen molar-refractivity contribution in [1.29, 1.82) is 0 Å². The van der Waals surface area contributed by atoms with Crippen LogP contribution in [0.3, 0.4) is 0 Å². The Balaban J connectivity index is 0.000000255. The van der Waals surface area contributed by atoms with Gasteiger partial charge in [0.15, 0.2) is 23.9 Å². The zero-order chi connectivity index (χ0) is 28.6. The number of nitrogens with one attached hydrogen (secondary N) is 1. The average molecular weight is 564 g/mol. The molecule has 39 heavy (non-hydrogen) atoms. The second-order valence-corrected chi connectivity index (χ2v) is 9.30. The average Bonchev–Trinajstić information content (AvgIpc) is 3.33. The van der Waals surface area contributed by atoms with Gasteiger partial charge >= 0.3 is 17.3 Å². The smallest absolute Gasteiger partial charge is 0.422 e. The number of pyridine rings is 1. The van der Waals surface area contributed by atoms with Crippen LogP contribution >= 0.6 is 0 Å². The third-order valence-corrected chi connectivity index (χ3v) is 6.28. The summed E-state index contributed by atoms with van der Waals surface area (Å²) in [5, 5.41) is 17.9. The molecule has 206 valence electrons. The van der Waals surface area contributed by atoms with Gasteiger partial charge in [0.2, 0.25) is 0 Å². The number of ether oxygens (including phenoxy) is 2. The number of aromatic amines is 1. The zero-order valence-electron chi connectivity index (χ0n) is 20.7. The van der Waals surface area contributed by atoms with Gasteiger partial charge in [-0.2, -0.15) is 18.2 Å². The fraction of sp³-hybridized carbons (Fsp3) is 0.192. The van der Waals surface area contributed by atoms with Gasteiger partial charge in [-0.15, -0.1) is 0 Å². The summed E-state index contributed by atoms with van der Waals surface area (Å²) in [5.74, 6) is -0.576. The number of imidazole rings is 1. The van der Waals surface area contributed by atoms with Crippen molar-refractivity contribution in [2.24, 2.45) is 0 Å². The van der Waals surface area contributed by atoms with Gasteiger partial charge in [0, 0.05) is 29.0 Å². The molecule has 0 aliphatic rings. The van der Waals surface area contributed by atoms with Crippen molar-refractivity contribution in [3.63, 3.8) is 0 Å². The molecule has 0 fully saturated rings. The van der Waals surface area contributed by atoms with Gasteiger partial charge in [-0.05, 0) is 48.9 Å². The number of aromatic nitrogens is 3. The molecule has 3 N–H and O–H groups in total. The number of hydrogen-bond donors (Lipinski definition) is 3. The number of carboxylic acids is 1. The van der Waals surface area contributed by atoms with Gasteiger partial charge in [0.05, 0.1) is 23.8 Å². The molecule has 0 saturated carbocycles. The SMILES string of the molecule is COc1cc(/C=C/C(=O)O)ccc1O.Cc1c(OCC(F)(F)F)ccnc1C[S+]([O-])c1nc2ccccc2[nH]1. The number of aromatic hydroxyl groups is 1. The first-order chi connectivity index (χ1) is 18.5. The van der Waals surface area contributed by atoms with Crippen LogP contribution in [0.25, 0.3) is 17.1 Å². The lowest BCUT2D eigenvalue weighted by Crippen LogP contribution is -2.20. The summed E-state index contributed by atoms with van der Waals surface area (Å²) >= 11 is -1.51. The van der Waals surface area contributed by atoms with Crippen molar-refractivity contribution in [3.8, 4) is 17.2 Å². The van der Waals surface area contributed by atoms with E-state index in [1.807, 2.05) is 18.2 Å². The van der Waals surface area contributed by atoms with Crippen molar-refractivity contribution < 1.29 is 42.2 Å². The first kappa shape index (κ1) is 29.3. The lowest BCUT2D eigenvalue weighted by atomic mass is 10.2. The maximum Gasteiger partial charge on any atom is 0.422 e. The molecule has 4 aromatic rings. The number of phenols is 1. The van der Waals surface area contributed by atoms with Gasteiger partial charge in [-0.3, -0.25) is 9.97 Å². The fourth-order valence-corrected chi connectivity index (χ4v) is 4.32. The molecule has 2 aromatic carbocycles. The van der Waals surface area contributed by atoms with Crippen LogP contribution in [0.5, 0.6) is 17.2 Å². The topological polar surface area (TPSA) is 141 Å². The predicted octanol–water partition coefficient (Wildman–Crippen LogP) is 5.01. The van der Waals surface area contributed by atoms with E-state index in [0.29, 0.717) is 33.2 Å². The van der Waals surface area contributed by atoms with Crippen LogP contribution < -0.4 is 9.47 Å². The van der Waals surface area contributed by atoms with Gasteiger partial charge in [-0.25, -0.2) is 4.79 Å². The quantitative estimate of drug-likeness (QED) is 0.201.